The number of hydrogen-bond acceptors (Lipinski definition) is 4. The van der Waals surface area contributed by atoms with E-state index in [-0.39, 0.29) is 5.91 Å². The van der Waals surface area contributed by atoms with Crippen LogP contribution in [0.5, 0.6) is 0 Å². The second-order valence-corrected chi connectivity index (χ2v) is 6.19. The summed E-state index contributed by atoms with van der Waals surface area (Å²) in [6.07, 6.45) is 5.20. The van der Waals surface area contributed by atoms with Crippen molar-refractivity contribution >= 4 is 17.7 Å². The van der Waals surface area contributed by atoms with Gasteiger partial charge >= 0.3 is 0 Å². The van der Waals surface area contributed by atoms with Crippen molar-refractivity contribution in [3.05, 3.63) is 0 Å². The second-order valence-electron chi connectivity index (χ2n) is 4.85. The maximum absolute atomic E-state index is 11.2. The molecule has 2 fully saturated rings. The molecule has 5 heteroatoms. The van der Waals surface area contributed by atoms with Crippen LogP contribution in [0.3, 0.4) is 0 Å². The molecule has 1 amide bonds. The van der Waals surface area contributed by atoms with E-state index in [0.29, 0.717) is 11.4 Å². The zero-order valence-corrected chi connectivity index (χ0v) is 10.3. The minimum atomic E-state index is -0.756. The van der Waals surface area contributed by atoms with Crippen molar-refractivity contribution in [3.8, 4) is 0 Å². The molecule has 92 valence electrons. The van der Waals surface area contributed by atoms with E-state index in [1.807, 2.05) is 11.8 Å². The highest BCUT2D eigenvalue weighted by molar-refractivity contribution is 7.99. The Morgan fingerprint density at radius 2 is 2.31 bits per heavy atom. The Labute approximate surface area is 100 Å². The number of nitrogens with two attached hydrogens (primary N) is 2. The van der Waals surface area contributed by atoms with E-state index in [1.165, 1.54) is 12.8 Å². The quantitative estimate of drug-likeness (QED) is 0.760. The highest BCUT2D eigenvalue weighted by atomic mass is 32.2. The third kappa shape index (κ3) is 2.70. The fourth-order valence-corrected chi connectivity index (χ4v) is 3.86. The summed E-state index contributed by atoms with van der Waals surface area (Å²) in [6, 6.07) is 0. The van der Waals surface area contributed by atoms with Crippen LogP contribution >= 0.6 is 11.8 Å². The number of carbonyl (C=O) groups excluding carboxylic acids is 1. The first-order valence-electron chi connectivity index (χ1n) is 5.92. The van der Waals surface area contributed by atoms with Gasteiger partial charge in [0.25, 0.3) is 0 Å². The van der Waals surface area contributed by atoms with Crippen LogP contribution < -0.4 is 11.5 Å². The lowest BCUT2D eigenvalue weighted by atomic mass is 9.99. The van der Waals surface area contributed by atoms with Gasteiger partial charge in [-0.3, -0.25) is 4.79 Å². The Balaban J connectivity index is 1.74. The Hall–Kier alpha value is -0.260. The Morgan fingerprint density at radius 1 is 1.50 bits per heavy atom. The van der Waals surface area contributed by atoms with Crippen LogP contribution in [0.25, 0.3) is 0 Å². The van der Waals surface area contributed by atoms with Gasteiger partial charge in [-0.2, -0.15) is 11.8 Å². The summed E-state index contributed by atoms with van der Waals surface area (Å²) in [5.74, 6) is 0.673. The maximum atomic E-state index is 11.2. The van der Waals surface area contributed by atoms with Crippen molar-refractivity contribution in [2.75, 3.05) is 12.4 Å². The van der Waals surface area contributed by atoms with E-state index in [9.17, 15) is 4.79 Å². The summed E-state index contributed by atoms with van der Waals surface area (Å²) in [5.41, 5.74) is 10.5. The fourth-order valence-electron chi connectivity index (χ4n) is 2.41. The smallest absolute Gasteiger partial charge is 0.237 e. The van der Waals surface area contributed by atoms with Crippen LogP contribution in [0.2, 0.25) is 0 Å². The average Bonchev–Trinajstić information content (AvgIpc) is 2.85. The lowest BCUT2D eigenvalue weighted by Crippen LogP contribution is -2.50. The van der Waals surface area contributed by atoms with E-state index in [2.05, 4.69) is 0 Å². The van der Waals surface area contributed by atoms with Gasteiger partial charge in [0, 0.05) is 17.6 Å². The molecule has 0 aromatic rings. The van der Waals surface area contributed by atoms with E-state index in [0.717, 1.165) is 31.6 Å². The predicted octanol–water partition coefficient (Wildman–Crippen LogP) is 0.634. The molecule has 1 aliphatic carbocycles. The number of primary amides is 1. The van der Waals surface area contributed by atoms with Crippen molar-refractivity contribution < 1.29 is 9.53 Å². The Morgan fingerprint density at radius 3 is 2.88 bits per heavy atom. The molecule has 0 aromatic heterocycles. The largest absolute Gasteiger partial charge is 0.377 e. The van der Waals surface area contributed by atoms with Crippen molar-refractivity contribution in [1.82, 2.24) is 0 Å². The molecule has 3 atom stereocenters. The molecule has 1 saturated heterocycles. The first-order valence-corrected chi connectivity index (χ1v) is 6.97. The lowest BCUT2D eigenvalue weighted by Gasteiger charge is -2.19. The number of rotatable bonds is 4. The lowest BCUT2D eigenvalue weighted by molar-refractivity contribution is -0.122. The number of hydrogen-bond donors (Lipinski definition) is 2. The van der Waals surface area contributed by atoms with Gasteiger partial charge in [-0.15, -0.1) is 0 Å². The molecule has 1 saturated carbocycles. The van der Waals surface area contributed by atoms with Crippen molar-refractivity contribution in [1.29, 1.82) is 0 Å². The molecule has 1 aliphatic heterocycles. The van der Waals surface area contributed by atoms with Gasteiger partial charge in [0.05, 0.1) is 11.6 Å². The number of amides is 1. The Kier molecular flexibility index (Phi) is 3.77. The van der Waals surface area contributed by atoms with E-state index in [1.54, 1.807) is 0 Å². The summed E-state index contributed by atoms with van der Waals surface area (Å²) >= 11 is 1.89. The molecule has 4 N–H and O–H groups in total. The molecule has 2 aliphatic rings. The molecule has 0 aromatic carbocycles. The topological polar surface area (TPSA) is 78.3 Å². The third-order valence-corrected chi connectivity index (χ3v) is 4.97. The third-order valence-electron chi connectivity index (χ3n) is 3.54. The molecule has 16 heavy (non-hydrogen) atoms. The van der Waals surface area contributed by atoms with Crippen LogP contribution in [0.1, 0.15) is 32.1 Å². The summed E-state index contributed by atoms with van der Waals surface area (Å²) in [5, 5.41) is 0.474. The van der Waals surface area contributed by atoms with E-state index in [4.69, 9.17) is 16.2 Å². The molecule has 0 spiro atoms. The molecule has 4 nitrogen and oxygen atoms in total. The molecular weight excluding hydrogens is 224 g/mol. The monoisotopic (exact) mass is 244 g/mol. The predicted molar refractivity (Wildman–Crippen MR) is 65.2 cm³/mol. The second kappa shape index (κ2) is 4.94. The number of ether oxygens (including phenoxy) is 1. The number of thioether (sulfide) groups is 1. The first kappa shape index (κ1) is 12.2. The minimum Gasteiger partial charge on any atom is -0.377 e. The van der Waals surface area contributed by atoms with Gasteiger partial charge in [-0.1, -0.05) is 0 Å². The van der Waals surface area contributed by atoms with Crippen LogP contribution in [0.15, 0.2) is 0 Å². The first-order chi connectivity index (χ1) is 7.60. The standard InChI is InChI=1S/C11H20N2O2S/c12-10(14)11(13)4-3-9(6-11)16-7-8-2-1-5-15-8/h8-9H,1-7,13H2,(H2,12,14). The minimum absolute atomic E-state index is 0.354. The SMILES string of the molecule is NC(=O)C1(N)CCC(SCC2CCCO2)C1. The molecule has 2 rings (SSSR count). The molecule has 0 radical (unpaired) electrons. The summed E-state index contributed by atoms with van der Waals surface area (Å²) in [4.78, 5) is 11.2. The summed E-state index contributed by atoms with van der Waals surface area (Å²) in [7, 11) is 0. The van der Waals surface area contributed by atoms with Crippen LogP contribution in [0, 0.1) is 0 Å². The van der Waals surface area contributed by atoms with Crippen molar-refractivity contribution in [2.45, 2.75) is 49.0 Å². The van der Waals surface area contributed by atoms with E-state index >= 15 is 0 Å². The highest BCUT2D eigenvalue weighted by Crippen LogP contribution is 2.36. The van der Waals surface area contributed by atoms with Crippen LogP contribution in [0.4, 0.5) is 0 Å². The van der Waals surface area contributed by atoms with Crippen LogP contribution in [-0.2, 0) is 9.53 Å². The highest BCUT2D eigenvalue weighted by Gasteiger charge is 2.40. The van der Waals surface area contributed by atoms with Gasteiger partial charge in [-0.25, -0.2) is 0 Å². The maximum Gasteiger partial charge on any atom is 0.237 e. The fraction of sp³-hybridized carbons (Fsp3) is 0.909. The van der Waals surface area contributed by atoms with Gasteiger partial charge in [0.15, 0.2) is 0 Å². The number of carbonyl (C=O) groups is 1. The molecular formula is C11H20N2O2S. The van der Waals surface area contributed by atoms with Crippen LogP contribution in [-0.4, -0.2) is 35.2 Å². The molecule has 1 heterocycles. The average molecular weight is 244 g/mol. The van der Waals surface area contributed by atoms with Crippen molar-refractivity contribution in [3.63, 3.8) is 0 Å². The summed E-state index contributed by atoms with van der Waals surface area (Å²) in [6.45, 7) is 0.901. The molecule has 0 bridgehead atoms. The Bertz CT molecular complexity index is 269. The zero-order valence-electron chi connectivity index (χ0n) is 9.48. The summed E-state index contributed by atoms with van der Waals surface area (Å²) < 4.78 is 5.57. The van der Waals surface area contributed by atoms with E-state index < -0.39 is 5.54 Å². The van der Waals surface area contributed by atoms with Gasteiger partial charge in [0.1, 0.15) is 0 Å². The normalized spacial score (nSPS) is 39.1. The zero-order chi connectivity index (χ0) is 11.6. The van der Waals surface area contributed by atoms with Gasteiger partial charge < -0.3 is 16.2 Å². The molecule has 3 unspecified atom stereocenters. The van der Waals surface area contributed by atoms with Gasteiger partial charge in [-0.05, 0) is 32.1 Å². The van der Waals surface area contributed by atoms with Gasteiger partial charge in [0.2, 0.25) is 5.91 Å². The van der Waals surface area contributed by atoms with Crippen molar-refractivity contribution in [2.24, 2.45) is 11.5 Å².